The van der Waals surface area contributed by atoms with Crippen LogP contribution in [0.5, 0.6) is 0 Å². The zero-order chi connectivity index (χ0) is 66.1. The first-order valence-electron chi connectivity index (χ1n) is 37.3. The van der Waals surface area contributed by atoms with Crippen molar-refractivity contribution < 1.29 is 80.2 Å². The predicted molar refractivity (Wildman–Crippen MR) is 363 cm³/mol. The highest BCUT2D eigenvalue weighted by Gasteiger charge is 2.30. The lowest BCUT2D eigenvalue weighted by atomic mass is 10.0. The summed E-state index contributed by atoms with van der Waals surface area (Å²) in [5.74, 6) is -2.12. The molecule has 3 N–H and O–H groups in total. The van der Waals surface area contributed by atoms with Crippen molar-refractivity contribution in [1.29, 1.82) is 0 Å². The first kappa shape index (κ1) is 88.1. The summed E-state index contributed by atoms with van der Waals surface area (Å²) in [6.45, 7) is 4.95. The molecule has 534 valence electrons. The van der Waals surface area contributed by atoms with Crippen molar-refractivity contribution in [3.63, 3.8) is 0 Å². The molecule has 90 heavy (non-hydrogen) atoms. The van der Waals surface area contributed by atoms with E-state index in [2.05, 4.69) is 27.7 Å². The number of rotatable bonds is 72. The molecule has 0 aliphatic heterocycles. The fourth-order valence-corrected chi connectivity index (χ4v) is 12.4. The number of carbonyl (C=O) groups is 4. The van der Waals surface area contributed by atoms with Crippen LogP contribution in [0.1, 0.15) is 374 Å². The van der Waals surface area contributed by atoms with E-state index in [1.807, 2.05) is 0 Å². The van der Waals surface area contributed by atoms with Gasteiger partial charge in [-0.25, -0.2) is 9.13 Å². The van der Waals surface area contributed by atoms with Gasteiger partial charge in [0.15, 0.2) is 12.2 Å². The fraction of sp³-hybridized carbons (Fsp3) is 0.944. The number of esters is 4. The largest absolute Gasteiger partial charge is 0.472 e. The smallest absolute Gasteiger partial charge is 0.462 e. The molecule has 0 bridgehead atoms. The third-order valence-corrected chi connectivity index (χ3v) is 18.5. The zero-order valence-electron chi connectivity index (χ0n) is 58.1. The molecule has 0 saturated carbocycles. The summed E-state index contributed by atoms with van der Waals surface area (Å²) in [4.78, 5) is 72.6. The number of aliphatic hydroxyl groups is 1. The first-order valence-corrected chi connectivity index (χ1v) is 40.3. The van der Waals surface area contributed by atoms with E-state index in [9.17, 15) is 43.2 Å². The number of unbranched alkanes of at least 4 members (excludes halogenated alkanes) is 46. The normalized spacial score (nSPS) is 14.0. The Morgan fingerprint density at radius 1 is 0.267 bits per heavy atom. The first-order chi connectivity index (χ1) is 43.7. The van der Waals surface area contributed by atoms with Crippen LogP contribution in [0.2, 0.25) is 0 Å². The molecule has 0 radical (unpaired) electrons. The summed E-state index contributed by atoms with van der Waals surface area (Å²) in [6, 6.07) is 0. The molecular formula is C71H138O17P2. The molecule has 19 heteroatoms. The lowest BCUT2D eigenvalue weighted by Crippen LogP contribution is -2.30. The predicted octanol–water partition coefficient (Wildman–Crippen LogP) is 20.7. The molecule has 5 atom stereocenters. The maximum atomic E-state index is 13.0. The van der Waals surface area contributed by atoms with Crippen molar-refractivity contribution in [2.45, 2.75) is 393 Å². The van der Waals surface area contributed by atoms with Crippen molar-refractivity contribution in [3.05, 3.63) is 0 Å². The van der Waals surface area contributed by atoms with Crippen LogP contribution >= 0.6 is 15.6 Å². The van der Waals surface area contributed by atoms with Crippen molar-refractivity contribution in [2.75, 3.05) is 39.6 Å². The third-order valence-electron chi connectivity index (χ3n) is 16.6. The second kappa shape index (κ2) is 65.7. The summed E-state index contributed by atoms with van der Waals surface area (Å²) >= 11 is 0. The molecule has 0 fully saturated rings. The molecule has 0 saturated heterocycles. The minimum Gasteiger partial charge on any atom is -0.462 e. The van der Waals surface area contributed by atoms with Gasteiger partial charge in [0.25, 0.3) is 0 Å². The van der Waals surface area contributed by atoms with Crippen LogP contribution in [0.3, 0.4) is 0 Å². The third kappa shape index (κ3) is 64.8. The summed E-state index contributed by atoms with van der Waals surface area (Å²) < 4.78 is 68.3. The SMILES string of the molecule is CCCCCCCCCCCCCCCCCC(=O)O[C@H](COC(=O)CCCCCCCCCCCCCCC)COP(=O)(O)OC[C@@H](O)COP(=O)(O)OC[C@@H](COC(=O)CCCCCCCCCCC)OC(=O)CCCCCCCCCCCCCCC. The number of carbonyl (C=O) groups excluding carboxylic acids is 4. The lowest BCUT2D eigenvalue weighted by Gasteiger charge is -2.21. The quantitative estimate of drug-likeness (QED) is 0.0222. The Morgan fingerprint density at radius 3 is 0.656 bits per heavy atom. The molecule has 0 aliphatic rings. The van der Waals surface area contributed by atoms with Crippen LogP contribution in [0.15, 0.2) is 0 Å². The highest BCUT2D eigenvalue weighted by molar-refractivity contribution is 7.47. The van der Waals surface area contributed by atoms with Crippen molar-refractivity contribution >= 4 is 39.5 Å². The number of hydrogen-bond acceptors (Lipinski definition) is 15. The highest BCUT2D eigenvalue weighted by atomic mass is 31.2. The van der Waals surface area contributed by atoms with Gasteiger partial charge in [0, 0.05) is 25.7 Å². The topological polar surface area (TPSA) is 237 Å². The molecule has 17 nitrogen and oxygen atoms in total. The van der Waals surface area contributed by atoms with E-state index >= 15 is 0 Å². The number of phosphoric acid groups is 2. The highest BCUT2D eigenvalue weighted by Crippen LogP contribution is 2.45. The van der Waals surface area contributed by atoms with Gasteiger partial charge in [-0.1, -0.05) is 323 Å². The molecule has 0 aromatic carbocycles. The van der Waals surface area contributed by atoms with E-state index in [1.54, 1.807) is 0 Å². The lowest BCUT2D eigenvalue weighted by molar-refractivity contribution is -0.161. The summed E-state index contributed by atoms with van der Waals surface area (Å²) in [5, 5.41) is 10.6. The van der Waals surface area contributed by atoms with Gasteiger partial charge in [-0.05, 0) is 25.7 Å². The van der Waals surface area contributed by atoms with Gasteiger partial charge in [-0.3, -0.25) is 37.3 Å². The van der Waals surface area contributed by atoms with Crippen molar-refractivity contribution in [2.24, 2.45) is 0 Å². The van der Waals surface area contributed by atoms with Crippen LogP contribution in [0, 0.1) is 0 Å². The second-order valence-electron chi connectivity index (χ2n) is 25.6. The minimum absolute atomic E-state index is 0.108. The molecule has 0 aromatic heterocycles. The molecule has 0 heterocycles. The average Bonchev–Trinajstić information content (AvgIpc) is 3.74. The van der Waals surface area contributed by atoms with E-state index in [1.165, 1.54) is 205 Å². The van der Waals surface area contributed by atoms with Crippen molar-refractivity contribution in [3.8, 4) is 0 Å². The van der Waals surface area contributed by atoms with Gasteiger partial charge in [-0.15, -0.1) is 0 Å². The van der Waals surface area contributed by atoms with E-state index < -0.39 is 97.5 Å². The van der Waals surface area contributed by atoms with E-state index in [4.69, 9.17) is 37.0 Å². The Balaban J connectivity index is 5.23. The molecule has 0 aromatic rings. The van der Waals surface area contributed by atoms with Crippen LogP contribution in [-0.4, -0.2) is 96.7 Å². The van der Waals surface area contributed by atoms with E-state index in [-0.39, 0.29) is 25.7 Å². The van der Waals surface area contributed by atoms with Gasteiger partial charge in [0.05, 0.1) is 26.4 Å². The van der Waals surface area contributed by atoms with Gasteiger partial charge >= 0.3 is 39.5 Å². The molecule has 0 spiro atoms. The Kier molecular flexibility index (Phi) is 64.3. The number of hydrogen-bond donors (Lipinski definition) is 3. The molecule has 0 aliphatic carbocycles. The molecular weight excluding hydrogens is 1190 g/mol. The summed E-state index contributed by atoms with van der Waals surface area (Å²) in [7, 11) is -9.90. The van der Waals surface area contributed by atoms with Crippen LogP contribution in [0.4, 0.5) is 0 Å². The minimum atomic E-state index is -4.95. The van der Waals surface area contributed by atoms with Gasteiger partial charge in [0.1, 0.15) is 19.3 Å². The maximum Gasteiger partial charge on any atom is 0.472 e. The van der Waals surface area contributed by atoms with Crippen LogP contribution < -0.4 is 0 Å². The van der Waals surface area contributed by atoms with Gasteiger partial charge in [0.2, 0.25) is 0 Å². The average molecular weight is 1330 g/mol. The number of ether oxygens (including phenoxy) is 4. The van der Waals surface area contributed by atoms with Crippen LogP contribution in [0.25, 0.3) is 0 Å². The van der Waals surface area contributed by atoms with Crippen molar-refractivity contribution in [1.82, 2.24) is 0 Å². The zero-order valence-corrected chi connectivity index (χ0v) is 59.9. The molecule has 2 unspecified atom stereocenters. The Labute approximate surface area is 549 Å². The number of aliphatic hydroxyl groups excluding tert-OH is 1. The summed E-state index contributed by atoms with van der Waals surface area (Å²) in [5.41, 5.74) is 0. The standard InChI is InChI=1S/C71H138O17P2/c1-5-9-13-17-21-25-28-31-32-35-38-42-46-50-54-58-71(76)88-67(62-82-69(74)56-52-48-44-40-36-33-29-26-22-18-14-10-6-2)64-86-90(79,80)84-60-65(72)59-83-89(77,78)85-63-66(61-81-68(73)55-51-47-43-39-24-20-16-12-8-4)87-70(75)57-53-49-45-41-37-34-30-27-23-19-15-11-7-3/h65-67,72H,5-64H2,1-4H3,(H,77,78)(H,79,80)/t65-,66+,67+/m0/s1. The van der Waals surface area contributed by atoms with Gasteiger partial charge < -0.3 is 33.8 Å². The summed E-state index contributed by atoms with van der Waals surface area (Å²) in [6.07, 6.45) is 53.9. The number of phosphoric ester groups is 2. The molecule has 0 rings (SSSR count). The molecule has 0 amide bonds. The monoisotopic (exact) mass is 1320 g/mol. The fourth-order valence-electron chi connectivity index (χ4n) is 10.9. The Hall–Kier alpha value is -1.94. The maximum absolute atomic E-state index is 13.0. The Morgan fingerprint density at radius 2 is 0.444 bits per heavy atom. The van der Waals surface area contributed by atoms with Gasteiger partial charge in [-0.2, -0.15) is 0 Å². The van der Waals surface area contributed by atoms with E-state index in [0.29, 0.717) is 25.7 Å². The second-order valence-corrected chi connectivity index (χ2v) is 28.5. The van der Waals surface area contributed by atoms with Crippen LogP contribution in [-0.2, 0) is 65.4 Å². The Bertz CT molecular complexity index is 1720. The van der Waals surface area contributed by atoms with E-state index in [0.717, 1.165) is 89.9 Å².